The molecule has 0 bridgehead atoms. The number of piperazine rings is 1. The number of rotatable bonds is 6. The number of fused-ring (bicyclic) bond motifs is 1. The summed E-state index contributed by atoms with van der Waals surface area (Å²) in [5.74, 6) is 0.0761. The summed E-state index contributed by atoms with van der Waals surface area (Å²) >= 11 is 14.7. The molecule has 1 N–H and O–H groups in total. The Bertz CT molecular complexity index is 960. The van der Waals surface area contributed by atoms with E-state index in [1.807, 2.05) is 18.2 Å². The maximum Gasteiger partial charge on any atom is 0.221 e. The highest BCUT2D eigenvalue weighted by Crippen LogP contribution is 2.46. The van der Waals surface area contributed by atoms with Crippen LogP contribution < -0.4 is 5.32 Å². The minimum absolute atomic E-state index is 0.00614. The Morgan fingerprint density at radius 3 is 2.57 bits per heavy atom. The zero-order chi connectivity index (χ0) is 21.3. The maximum absolute atomic E-state index is 12.5. The van der Waals surface area contributed by atoms with E-state index in [9.17, 15) is 9.59 Å². The van der Waals surface area contributed by atoms with Gasteiger partial charge < -0.3 is 10.2 Å². The van der Waals surface area contributed by atoms with Gasteiger partial charge in [-0.1, -0.05) is 29.8 Å². The minimum Gasteiger partial charge on any atom is -0.349 e. The number of nitrogens with one attached hydrogen (secondary N) is 1. The third kappa shape index (κ3) is 5.00. The Labute approximate surface area is 202 Å². The highest BCUT2D eigenvalue weighted by Gasteiger charge is 2.36. The van der Waals surface area contributed by atoms with Crippen LogP contribution in [0.1, 0.15) is 40.4 Å². The van der Waals surface area contributed by atoms with Gasteiger partial charge in [-0.3, -0.25) is 14.5 Å². The summed E-state index contributed by atoms with van der Waals surface area (Å²) in [6.07, 6.45) is 0.773. The second-order valence-corrected chi connectivity index (χ2v) is 11.7. The molecule has 2 aliphatic rings. The topological polar surface area (TPSA) is 52.7 Å². The van der Waals surface area contributed by atoms with Crippen LogP contribution in [0.3, 0.4) is 0 Å². The van der Waals surface area contributed by atoms with Crippen LogP contribution in [-0.4, -0.2) is 54.2 Å². The van der Waals surface area contributed by atoms with Gasteiger partial charge in [0.2, 0.25) is 5.91 Å². The smallest absolute Gasteiger partial charge is 0.221 e. The third-order valence-electron chi connectivity index (χ3n) is 5.68. The summed E-state index contributed by atoms with van der Waals surface area (Å²) in [5, 5.41) is 3.87. The lowest BCUT2D eigenvalue weighted by molar-refractivity contribution is -0.122. The van der Waals surface area contributed by atoms with Crippen molar-refractivity contribution in [2.75, 3.05) is 32.7 Å². The van der Waals surface area contributed by atoms with Gasteiger partial charge in [0.15, 0.2) is 5.78 Å². The van der Waals surface area contributed by atoms with Crippen molar-refractivity contribution in [3.63, 3.8) is 0 Å². The fourth-order valence-electron chi connectivity index (χ4n) is 4.04. The lowest BCUT2D eigenvalue weighted by Gasteiger charge is -2.34. The van der Waals surface area contributed by atoms with E-state index in [-0.39, 0.29) is 17.7 Å². The first kappa shape index (κ1) is 22.4. The summed E-state index contributed by atoms with van der Waals surface area (Å²) in [7, 11) is 0. The van der Waals surface area contributed by atoms with E-state index in [0.29, 0.717) is 18.4 Å². The number of nitrogens with zero attached hydrogens (tertiary/aromatic N) is 2. The molecule has 1 fully saturated rings. The first-order chi connectivity index (χ1) is 14.4. The van der Waals surface area contributed by atoms with E-state index in [1.54, 1.807) is 0 Å². The van der Waals surface area contributed by atoms with Gasteiger partial charge >= 0.3 is 0 Å². The molecule has 1 atom stereocenters. The van der Waals surface area contributed by atoms with Crippen molar-refractivity contribution < 1.29 is 9.59 Å². The monoisotopic (exact) mass is 573 g/mol. The number of thiophene rings is 1. The van der Waals surface area contributed by atoms with Crippen LogP contribution in [0, 0.1) is 0 Å². The Morgan fingerprint density at radius 1 is 1.13 bits per heavy atom. The van der Waals surface area contributed by atoms with Gasteiger partial charge in [-0.15, -0.1) is 11.3 Å². The summed E-state index contributed by atoms with van der Waals surface area (Å²) in [6, 6.07) is 7.74. The zero-order valence-electron chi connectivity index (χ0n) is 16.3. The van der Waals surface area contributed by atoms with Crippen LogP contribution in [0.25, 0.3) is 0 Å². The molecule has 0 saturated carbocycles. The van der Waals surface area contributed by atoms with Gasteiger partial charge in [0, 0.05) is 68.3 Å². The van der Waals surface area contributed by atoms with E-state index >= 15 is 0 Å². The molecule has 9 heteroatoms. The fraction of sp³-hybridized carbons (Fsp3) is 0.429. The van der Waals surface area contributed by atoms with Crippen LogP contribution in [0.5, 0.6) is 0 Å². The Balaban J connectivity index is 1.22. The molecular weight excluding hydrogens is 554 g/mol. The molecular formula is C21H22Br2ClN3O2S. The molecule has 0 spiro atoms. The largest absolute Gasteiger partial charge is 0.349 e. The Hall–Kier alpha value is -0.770. The molecule has 1 aliphatic carbocycles. The molecule has 1 aliphatic heterocycles. The summed E-state index contributed by atoms with van der Waals surface area (Å²) in [4.78, 5) is 29.5. The molecule has 2 aromatic rings. The first-order valence-corrected chi connectivity index (χ1v) is 12.7. The summed E-state index contributed by atoms with van der Waals surface area (Å²) in [6.45, 7) is 5.39. The second-order valence-electron chi connectivity index (χ2n) is 7.64. The lowest BCUT2D eigenvalue weighted by atomic mass is 10.1. The maximum atomic E-state index is 12.5. The van der Waals surface area contributed by atoms with Crippen LogP contribution in [0.4, 0.5) is 0 Å². The van der Waals surface area contributed by atoms with Gasteiger partial charge in [-0.2, -0.15) is 0 Å². The lowest BCUT2D eigenvalue weighted by Crippen LogP contribution is -2.46. The molecule has 2 heterocycles. The molecule has 30 heavy (non-hydrogen) atoms. The number of hydrogen-bond donors (Lipinski definition) is 1. The normalized spacial score (nSPS) is 19.8. The molecule has 4 rings (SSSR count). The van der Waals surface area contributed by atoms with E-state index in [1.165, 1.54) is 11.3 Å². The molecule has 0 radical (unpaired) electrons. The number of carbonyl (C=O) groups is 2. The van der Waals surface area contributed by atoms with Gasteiger partial charge in [0.25, 0.3) is 0 Å². The number of benzene rings is 1. The quantitative estimate of drug-likeness (QED) is 0.534. The van der Waals surface area contributed by atoms with Crippen molar-refractivity contribution in [1.82, 2.24) is 15.1 Å². The minimum atomic E-state index is -0.232. The van der Waals surface area contributed by atoms with E-state index in [2.05, 4.69) is 53.0 Å². The highest BCUT2D eigenvalue weighted by atomic mass is 79.9. The molecule has 5 nitrogen and oxygen atoms in total. The molecule has 1 aromatic carbocycles. The first-order valence-electron chi connectivity index (χ1n) is 9.90. The van der Waals surface area contributed by atoms with Crippen LogP contribution >= 0.6 is 54.8 Å². The predicted octanol–water partition coefficient (Wildman–Crippen LogP) is 4.88. The van der Waals surface area contributed by atoms with Crippen LogP contribution in [0.15, 0.2) is 31.8 Å². The van der Waals surface area contributed by atoms with Gasteiger partial charge in [-0.25, -0.2) is 0 Å². The third-order valence-corrected chi connectivity index (χ3v) is 8.63. The van der Waals surface area contributed by atoms with E-state index in [4.69, 9.17) is 11.6 Å². The fourth-order valence-corrected chi connectivity index (χ4v) is 7.60. The number of Topliss-reactive ketones (excluding diaryl/α,β-unsaturated/α-hetero) is 1. The van der Waals surface area contributed by atoms with Crippen molar-refractivity contribution in [3.8, 4) is 0 Å². The highest BCUT2D eigenvalue weighted by molar-refractivity contribution is 9.12. The van der Waals surface area contributed by atoms with E-state index in [0.717, 1.165) is 63.0 Å². The number of hydrogen-bond acceptors (Lipinski definition) is 5. The number of carbonyl (C=O) groups excluding carboxylic acids is 2. The number of amides is 1. The van der Waals surface area contributed by atoms with Crippen molar-refractivity contribution in [2.24, 2.45) is 0 Å². The SMILES string of the molecule is O=C(CCN1CCN(Cc2ccccc2Cl)CC1)NC1CC(=O)c2c(Br)sc(Br)c21. The number of ketones is 1. The van der Waals surface area contributed by atoms with Crippen molar-refractivity contribution >= 4 is 66.5 Å². The van der Waals surface area contributed by atoms with Crippen molar-refractivity contribution in [2.45, 2.75) is 25.4 Å². The van der Waals surface area contributed by atoms with E-state index < -0.39 is 0 Å². The standard InChI is InChI=1S/C21H22Br2ClN3O2S/c22-20-18-15(11-16(28)19(18)21(23)30-20)25-17(29)5-6-26-7-9-27(10-8-26)12-13-3-1-2-4-14(13)24/h1-4,15H,5-12H2,(H,25,29). The molecule has 160 valence electrons. The zero-order valence-corrected chi connectivity index (χ0v) is 21.0. The summed E-state index contributed by atoms with van der Waals surface area (Å²) in [5.41, 5.74) is 2.79. The van der Waals surface area contributed by atoms with Gasteiger partial charge in [-0.05, 0) is 43.5 Å². The molecule has 1 aromatic heterocycles. The summed E-state index contributed by atoms with van der Waals surface area (Å²) < 4.78 is 1.75. The Morgan fingerprint density at radius 2 is 1.83 bits per heavy atom. The molecule has 1 amide bonds. The van der Waals surface area contributed by atoms with Crippen LogP contribution in [-0.2, 0) is 11.3 Å². The Kier molecular flexibility index (Phi) is 7.32. The average molecular weight is 576 g/mol. The van der Waals surface area contributed by atoms with Crippen molar-refractivity contribution in [1.29, 1.82) is 0 Å². The van der Waals surface area contributed by atoms with Gasteiger partial charge in [0.05, 0.1) is 13.6 Å². The molecule has 1 unspecified atom stereocenters. The average Bonchev–Trinajstić information content (AvgIpc) is 3.20. The molecule has 1 saturated heterocycles. The predicted molar refractivity (Wildman–Crippen MR) is 127 cm³/mol. The van der Waals surface area contributed by atoms with Gasteiger partial charge in [0.1, 0.15) is 0 Å². The second kappa shape index (κ2) is 9.79. The van der Waals surface area contributed by atoms with Crippen molar-refractivity contribution in [3.05, 3.63) is 53.6 Å². The number of halogens is 3. The van der Waals surface area contributed by atoms with Crippen LogP contribution in [0.2, 0.25) is 5.02 Å².